The van der Waals surface area contributed by atoms with Gasteiger partial charge in [0.05, 0.1) is 6.61 Å². The number of nitrogens with one attached hydrogen (secondary N) is 1. The van der Waals surface area contributed by atoms with Crippen LogP contribution in [0, 0.1) is 12.3 Å². The van der Waals surface area contributed by atoms with Crippen LogP contribution in [0.3, 0.4) is 0 Å². The van der Waals surface area contributed by atoms with Crippen molar-refractivity contribution in [2.75, 3.05) is 6.61 Å². The molecule has 3 heteroatoms. The third-order valence-corrected chi connectivity index (χ3v) is 2.20. The average molecular weight is 193 g/mol. The number of hydrogen-bond acceptors (Lipinski definition) is 2. The van der Waals surface area contributed by atoms with E-state index in [1.807, 2.05) is 12.2 Å². The quantitative estimate of drug-likeness (QED) is 0.537. The van der Waals surface area contributed by atoms with E-state index in [-0.39, 0.29) is 0 Å². The Labute approximate surface area is 84.5 Å². The largest absolute Gasteiger partial charge is 0.450 e. The van der Waals surface area contributed by atoms with Crippen molar-refractivity contribution in [3.05, 3.63) is 12.2 Å². The maximum absolute atomic E-state index is 11.2. The second-order valence-electron chi connectivity index (χ2n) is 3.26. The second-order valence-corrected chi connectivity index (χ2v) is 3.26. The number of alkyl carbamates (subject to hydrolysis) is 1. The Morgan fingerprint density at radius 3 is 3.07 bits per heavy atom. The molecule has 0 bridgehead atoms. The summed E-state index contributed by atoms with van der Waals surface area (Å²) >= 11 is 0. The van der Waals surface area contributed by atoms with E-state index in [2.05, 4.69) is 11.2 Å². The van der Waals surface area contributed by atoms with Crippen LogP contribution in [-0.2, 0) is 4.74 Å². The minimum atomic E-state index is -0.634. The van der Waals surface area contributed by atoms with Gasteiger partial charge in [0.25, 0.3) is 0 Å². The van der Waals surface area contributed by atoms with Gasteiger partial charge >= 0.3 is 6.09 Å². The molecule has 0 heterocycles. The van der Waals surface area contributed by atoms with Crippen LogP contribution in [0.4, 0.5) is 4.79 Å². The van der Waals surface area contributed by atoms with Crippen LogP contribution in [0.5, 0.6) is 0 Å². The van der Waals surface area contributed by atoms with Crippen molar-refractivity contribution in [2.45, 2.75) is 31.7 Å². The molecule has 0 aromatic rings. The van der Waals surface area contributed by atoms with Gasteiger partial charge in [-0.15, -0.1) is 6.42 Å². The van der Waals surface area contributed by atoms with Gasteiger partial charge in [-0.05, 0) is 26.2 Å². The molecule has 0 spiro atoms. The van der Waals surface area contributed by atoms with Crippen LogP contribution < -0.4 is 5.32 Å². The van der Waals surface area contributed by atoms with Crippen molar-refractivity contribution in [2.24, 2.45) is 0 Å². The van der Waals surface area contributed by atoms with Gasteiger partial charge < -0.3 is 10.1 Å². The Bertz CT molecular complexity index is 278. The fraction of sp³-hybridized carbons (Fsp3) is 0.545. The van der Waals surface area contributed by atoms with E-state index in [1.165, 1.54) is 0 Å². The van der Waals surface area contributed by atoms with Gasteiger partial charge in [0.15, 0.2) is 0 Å². The molecule has 3 nitrogen and oxygen atoms in total. The van der Waals surface area contributed by atoms with Crippen molar-refractivity contribution < 1.29 is 9.53 Å². The molecule has 0 aromatic heterocycles. The lowest BCUT2D eigenvalue weighted by atomic mass is 9.88. The van der Waals surface area contributed by atoms with Crippen molar-refractivity contribution >= 4 is 6.09 Å². The Hall–Kier alpha value is -1.43. The van der Waals surface area contributed by atoms with E-state index in [1.54, 1.807) is 6.92 Å². The van der Waals surface area contributed by atoms with E-state index >= 15 is 0 Å². The van der Waals surface area contributed by atoms with Gasteiger partial charge in [0.2, 0.25) is 0 Å². The van der Waals surface area contributed by atoms with Gasteiger partial charge in [0.1, 0.15) is 5.54 Å². The average Bonchev–Trinajstić information content (AvgIpc) is 2.19. The SMILES string of the molecule is C#CC1(NC(=O)OCC)C=CCCC1. The summed E-state index contributed by atoms with van der Waals surface area (Å²) in [6.45, 7) is 2.12. The van der Waals surface area contributed by atoms with Crippen LogP contribution in [0.25, 0.3) is 0 Å². The molecular weight excluding hydrogens is 178 g/mol. The van der Waals surface area contributed by atoms with E-state index in [9.17, 15) is 4.79 Å². The third kappa shape index (κ3) is 2.53. The number of carbonyl (C=O) groups is 1. The van der Waals surface area contributed by atoms with Crippen molar-refractivity contribution in [1.82, 2.24) is 5.32 Å². The highest BCUT2D eigenvalue weighted by Gasteiger charge is 2.28. The molecule has 1 atom stereocenters. The van der Waals surface area contributed by atoms with Crippen LogP contribution in [-0.4, -0.2) is 18.2 Å². The molecule has 0 aliphatic heterocycles. The molecule has 1 unspecified atom stereocenters. The number of carbonyl (C=O) groups excluding carboxylic acids is 1. The molecule has 1 rings (SSSR count). The molecule has 0 saturated heterocycles. The Morgan fingerprint density at radius 2 is 2.57 bits per heavy atom. The predicted octanol–water partition coefficient (Wildman–Crippen LogP) is 1.84. The minimum Gasteiger partial charge on any atom is -0.450 e. The lowest BCUT2D eigenvalue weighted by molar-refractivity contribution is 0.145. The molecule has 0 aromatic carbocycles. The van der Waals surface area contributed by atoms with Crippen LogP contribution in [0.1, 0.15) is 26.2 Å². The molecule has 1 N–H and O–H groups in total. The number of hydrogen-bond donors (Lipinski definition) is 1. The second kappa shape index (κ2) is 4.71. The summed E-state index contributed by atoms with van der Waals surface area (Å²) < 4.78 is 4.79. The zero-order valence-electron chi connectivity index (χ0n) is 8.38. The fourth-order valence-corrected chi connectivity index (χ4v) is 1.48. The standard InChI is InChI=1S/C11H15NO2/c1-3-11(8-6-5-7-9-11)12-10(13)14-4-2/h1,6,8H,4-5,7,9H2,2H3,(H,12,13). The smallest absolute Gasteiger partial charge is 0.408 e. The zero-order valence-corrected chi connectivity index (χ0v) is 8.38. The van der Waals surface area contributed by atoms with Gasteiger partial charge in [-0.2, -0.15) is 0 Å². The number of terminal acetylenes is 1. The van der Waals surface area contributed by atoms with E-state index in [0.717, 1.165) is 19.3 Å². The van der Waals surface area contributed by atoms with Crippen molar-refractivity contribution in [1.29, 1.82) is 0 Å². The maximum atomic E-state index is 11.2. The minimum absolute atomic E-state index is 0.357. The fourth-order valence-electron chi connectivity index (χ4n) is 1.48. The van der Waals surface area contributed by atoms with Gasteiger partial charge in [0, 0.05) is 0 Å². The lowest BCUT2D eigenvalue weighted by Crippen LogP contribution is -2.46. The number of allylic oxidation sites excluding steroid dienone is 1. The van der Waals surface area contributed by atoms with Gasteiger partial charge in [-0.25, -0.2) is 4.79 Å². The van der Waals surface area contributed by atoms with E-state index in [4.69, 9.17) is 11.2 Å². The molecule has 0 radical (unpaired) electrons. The molecule has 0 fully saturated rings. The highest BCUT2D eigenvalue weighted by Crippen LogP contribution is 2.21. The summed E-state index contributed by atoms with van der Waals surface area (Å²) in [5.74, 6) is 2.61. The summed E-state index contributed by atoms with van der Waals surface area (Å²) in [5, 5.41) is 2.70. The first-order chi connectivity index (χ1) is 6.72. The molecule has 0 saturated carbocycles. The molecule has 14 heavy (non-hydrogen) atoms. The topological polar surface area (TPSA) is 38.3 Å². The van der Waals surface area contributed by atoms with Crippen LogP contribution >= 0.6 is 0 Å². The van der Waals surface area contributed by atoms with E-state index < -0.39 is 11.6 Å². The summed E-state index contributed by atoms with van der Waals surface area (Å²) in [5.41, 5.74) is -0.634. The molecule has 1 amide bonds. The monoisotopic (exact) mass is 193 g/mol. The van der Waals surface area contributed by atoms with Crippen molar-refractivity contribution in [3.8, 4) is 12.3 Å². The normalized spacial score (nSPS) is 25.1. The van der Waals surface area contributed by atoms with Crippen molar-refractivity contribution in [3.63, 3.8) is 0 Å². The number of ether oxygens (including phenoxy) is 1. The number of rotatable bonds is 2. The van der Waals surface area contributed by atoms with Crippen LogP contribution in [0.15, 0.2) is 12.2 Å². The molecule has 76 valence electrons. The van der Waals surface area contributed by atoms with Gasteiger partial charge in [-0.3, -0.25) is 0 Å². The first-order valence-electron chi connectivity index (χ1n) is 4.83. The highest BCUT2D eigenvalue weighted by molar-refractivity contribution is 5.69. The molecular formula is C11H15NO2. The predicted molar refractivity (Wildman–Crippen MR) is 54.7 cm³/mol. The maximum Gasteiger partial charge on any atom is 0.408 e. The molecule has 1 aliphatic rings. The number of amides is 1. The first-order valence-corrected chi connectivity index (χ1v) is 4.83. The van der Waals surface area contributed by atoms with E-state index in [0.29, 0.717) is 6.61 Å². The lowest BCUT2D eigenvalue weighted by Gasteiger charge is -2.28. The Balaban J connectivity index is 2.62. The first kappa shape index (κ1) is 10.6. The third-order valence-electron chi connectivity index (χ3n) is 2.20. The Kier molecular flexibility index (Phi) is 3.58. The summed E-state index contributed by atoms with van der Waals surface area (Å²) in [4.78, 5) is 11.2. The summed E-state index contributed by atoms with van der Waals surface area (Å²) in [7, 11) is 0. The highest BCUT2D eigenvalue weighted by atomic mass is 16.5. The summed E-state index contributed by atoms with van der Waals surface area (Å²) in [6.07, 6.45) is 11.6. The van der Waals surface area contributed by atoms with Gasteiger partial charge in [-0.1, -0.05) is 18.1 Å². The molecule has 1 aliphatic carbocycles. The Morgan fingerprint density at radius 1 is 1.79 bits per heavy atom. The zero-order chi connectivity index (χ0) is 10.4. The van der Waals surface area contributed by atoms with Crippen LogP contribution in [0.2, 0.25) is 0 Å². The summed E-state index contributed by atoms with van der Waals surface area (Å²) in [6, 6.07) is 0.